The van der Waals surface area contributed by atoms with Gasteiger partial charge in [0.15, 0.2) is 0 Å². The molecule has 1 spiro atoms. The zero-order chi connectivity index (χ0) is 13.5. The van der Waals surface area contributed by atoms with Crippen LogP contribution in [0.25, 0.3) is 0 Å². The van der Waals surface area contributed by atoms with Crippen LogP contribution in [0.4, 0.5) is 0 Å². The molecule has 100 valence electrons. The van der Waals surface area contributed by atoms with Crippen molar-refractivity contribution in [3.05, 3.63) is 30.1 Å². The summed E-state index contributed by atoms with van der Waals surface area (Å²) >= 11 is 0. The molecule has 1 N–H and O–H groups in total. The second-order valence-electron chi connectivity index (χ2n) is 5.49. The van der Waals surface area contributed by atoms with Gasteiger partial charge in [0.05, 0.1) is 11.0 Å². The Hall–Kier alpha value is -1.91. The SMILES string of the molecule is C[C@@H]1CN(C(=O)c2cccnc2)C[C@]12CCNC2=O. The number of pyridine rings is 1. The lowest BCUT2D eigenvalue weighted by atomic mass is 9.78. The first-order valence-corrected chi connectivity index (χ1v) is 6.61. The predicted molar refractivity (Wildman–Crippen MR) is 69.4 cm³/mol. The Labute approximate surface area is 112 Å². The molecule has 5 nitrogen and oxygen atoms in total. The summed E-state index contributed by atoms with van der Waals surface area (Å²) in [6, 6.07) is 3.52. The van der Waals surface area contributed by atoms with Gasteiger partial charge in [0.2, 0.25) is 5.91 Å². The third-order valence-electron chi connectivity index (χ3n) is 4.42. The van der Waals surface area contributed by atoms with Gasteiger partial charge in [0.25, 0.3) is 5.91 Å². The van der Waals surface area contributed by atoms with Crippen LogP contribution in [0.3, 0.4) is 0 Å². The van der Waals surface area contributed by atoms with Crippen LogP contribution in [-0.4, -0.2) is 41.3 Å². The molecule has 0 radical (unpaired) electrons. The van der Waals surface area contributed by atoms with Crippen molar-refractivity contribution < 1.29 is 9.59 Å². The van der Waals surface area contributed by atoms with Gasteiger partial charge in [0, 0.05) is 32.0 Å². The number of hydrogen-bond acceptors (Lipinski definition) is 3. The molecule has 0 bridgehead atoms. The molecule has 3 rings (SSSR count). The van der Waals surface area contributed by atoms with Crippen molar-refractivity contribution in [2.75, 3.05) is 19.6 Å². The topological polar surface area (TPSA) is 62.3 Å². The maximum Gasteiger partial charge on any atom is 0.255 e. The van der Waals surface area contributed by atoms with E-state index >= 15 is 0 Å². The van der Waals surface area contributed by atoms with E-state index in [4.69, 9.17) is 0 Å². The highest BCUT2D eigenvalue weighted by molar-refractivity contribution is 5.95. The van der Waals surface area contributed by atoms with Crippen molar-refractivity contribution in [3.8, 4) is 0 Å². The van der Waals surface area contributed by atoms with Crippen LogP contribution < -0.4 is 5.32 Å². The molecule has 2 aliphatic heterocycles. The molecule has 1 aromatic rings. The number of amides is 2. The van der Waals surface area contributed by atoms with Crippen LogP contribution in [0.15, 0.2) is 24.5 Å². The summed E-state index contributed by atoms with van der Waals surface area (Å²) in [5.74, 6) is 0.272. The van der Waals surface area contributed by atoms with E-state index in [0.717, 1.165) is 13.0 Å². The van der Waals surface area contributed by atoms with Gasteiger partial charge in [-0.3, -0.25) is 14.6 Å². The Morgan fingerprint density at radius 3 is 3.05 bits per heavy atom. The smallest absolute Gasteiger partial charge is 0.255 e. The Bertz CT molecular complexity index is 517. The largest absolute Gasteiger partial charge is 0.356 e. The molecule has 2 saturated heterocycles. The first kappa shape index (κ1) is 12.1. The van der Waals surface area contributed by atoms with E-state index in [1.54, 1.807) is 29.4 Å². The van der Waals surface area contributed by atoms with E-state index in [9.17, 15) is 9.59 Å². The van der Waals surface area contributed by atoms with Crippen LogP contribution in [0.2, 0.25) is 0 Å². The van der Waals surface area contributed by atoms with Crippen molar-refractivity contribution >= 4 is 11.8 Å². The zero-order valence-electron chi connectivity index (χ0n) is 10.9. The first-order valence-electron chi connectivity index (χ1n) is 6.61. The Balaban J connectivity index is 1.82. The lowest BCUT2D eigenvalue weighted by molar-refractivity contribution is -0.128. The molecule has 2 atom stereocenters. The Kier molecular flexibility index (Phi) is 2.77. The van der Waals surface area contributed by atoms with Crippen LogP contribution in [0.1, 0.15) is 23.7 Å². The molecule has 0 saturated carbocycles. The molecule has 1 aromatic heterocycles. The highest BCUT2D eigenvalue weighted by Gasteiger charge is 2.53. The average Bonchev–Trinajstić information content (AvgIpc) is 2.96. The van der Waals surface area contributed by atoms with Crippen LogP contribution in [0, 0.1) is 11.3 Å². The predicted octanol–water partition coefficient (Wildman–Crippen LogP) is 0.680. The van der Waals surface area contributed by atoms with Gasteiger partial charge in [-0.05, 0) is 24.5 Å². The third-order valence-corrected chi connectivity index (χ3v) is 4.42. The van der Waals surface area contributed by atoms with E-state index in [1.165, 1.54) is 0 Å². The van der Waals surface area contributed by atoms with Gasteiger partial charge >= 0.3 is 0 Å². The molecule has 0 aliphatic carbocycles. The van der Waals surface area contributed by atoms with Crippen molar-refractivity contribution in [3.63, 3.8) is 0 Å². The maximum atomic E-state index is 12.4. The lowest BCUT2D eigenvalue weighted by Crippen LogP contribution is -2.38. The highest BCUT2D eigenvalue weighted by Crippen LogP contribution is 2.42. The summed E-state index contributed by atoms with van der Waals surface area (Å²) in [5.41, 5.74) is 0.211. The summed E-state index contributed by atoms with van der Waals surface area (Å²) < 4.78 is 0. The summed E-state index contributed by atoms with van der Waals surface area (Å²) in [6.07, 6.45) is 4.05. The summed E-state index contributed by atoms with van der Waals surface area (Å²) in [6.45, 7) is 3.94. The lowest BCUT2D eigenvalue weighted by Gasteiger charge is -2.23. The summed E-state index contributed by atoms with van der Waals surface area (Å²) in [5, 5.41) is 2.89. The van der Waals surface area contributed by atoms with Crippen LogP contribution in [0.5, 0.6) is 0 Å². The monoisotopic (exact) mass is 259 g/mol. The van der Waals surface area contributed by atoms with Crippen molar-refractivity contribution in [1.29, 1.82) is 0 Å². The fourth-order valence-corrected chi connectivity index (χ4v) is 3.20. The Morgan fingerprint density at radius 1 is 1.58 bits per heavy atom. The van der Waals surface area contributed by atoms with Gasteiger partial charge < -0.3 is 10.2 Å². The minimum atomic E-state index is -0.377. The van der Waals surface area contributed by atoms with Crippen molar-refractivity contribution in [2.24, 2.45) is 11.3 Å². The van der Waals surface area contributed by atoms with Gasteiger partial charge in [-0.15, -0.1) is 0 Å². The van der Waals surface area contributed by atoms with Gasteiger partial charge in [0.1, 0.15) is 0 Å². The molecule has 2 aliphatic rings. The molecular weight excluding hydrogens is 242 g/mol. The number of nitrogens with one attached hydrogen (secondary N) is 1. The van der Waals surface area contributed by atoms with E-state index in [-0.39, 0.29) is 23.1 Å². The van der Waals surface area contributed by atoms with E-state index in [2.05, 4.69) is 17.2 Å². The molecule has 19 heavy (non-hydrogen) atoms. The maximum absolute atomic E-state index is 12.4. The second kappa shape index (κ2) is 4.33. The summed E-state index contributed by atoms with van der Waals surface area (Å²) in [7, 11) is 0. The number of carbonyl (C=O) groups is 2. The van der Waals surface area contributed by atoms with Crippen molar-refractivity contribution in [2.45, 2.75) is 13.3 Å². The number of likely N-dealkylation sites (tertiary alicyclic amines) is 1. The van der Waals surface area contributed by atoms with Crippen LogP contribution >= 0.6 is 0 Å². The van der Waals surface area contributed by atoms with E-state index in [0.29, 0.717) is 18.7 Å². The molecule has 0 aromatic carbocycles. The number of nitrogens with zero attached hydrogens (tertiary/aromatic N) is 2. The molecular formula is C14H17N3O2. The van der Waals surface area contributed by atoms with Gasteiger partial charge in [-0.2, -0.15) is 0 Å². The Morgan fingerprint density at radius 2 is 2.42 bits per heavy atom. The number of rotatable bonds is 1. The van der Waals surface area contributed by atoms with Crippen LogP contribution in [-0.2, 0) is 4.79 Å². The molecule has 5 heteroatoms. The number of aromatic nitrogens is 1. The minimum absolute atomic E-state index is 0.0310. The quantitative estimate of drug-likeness (QED) is 0.806. The molecule has 2 fully saturated rings. The first-order chi connectivity index (χ1) is 9.13. The normalized spacial score (nSPS) is 29.8. The fraction of sp³-hybridized carbons (Fsp3) is 0.500. The van der Waals surface area contributed by atoms with E-state index in [1.807, 2.05) is 0 Å². The average molecular weight is 259 g/mol. The van der Waals surface area contributed by atoms with Gasteiger partial charge in [-0.1, -0.05) is 6.92 Å². The molecule has 0 unspecified atom stereocenters. The number of carbonyl (C=O) groups excluding carboxylic acids is 2. The van der Waals surface area contributed by atoms with E-state index < -0.39 is 0 Å². The molecule has 3 heterocycles. The standard InChI is InChI=1S/C14H17N3O2/c1-10-8-17(9-14(10)4-6-16-13(14)19)12(18)11-3-2-5-15-7-11/h2-3,5,7,10H,4,6,8-9H2,1H3,(H,16,19)/t10-,14-/m1/s1. The third kappa shape index (κ3) is 1.80. The highest BCUT2D eigenvalue weighted by atomic mass is 16.2. The minimum Gasteiger partial charge on any atom is -0.356 e. The molecule has 2 amide bonds. The fourth-order valence-electron chi connectivity index (χ4n) is 3.20. The second-order valence-corrected chi connectivity index (χ2v) is 5.49. The summed E-state index contributed by atoms with van der Waals surface area (Å²) in [4.78, 5) is 30.2. The van der Waals surface area contributed by atoms with Gasteiger partial charge in [-0.25, -0.2) is 0 Å². The zero-order valence-corrected chi connectivity index (χ0v) is 10.9. The van der Waals surface area contributed by atoms with Crippen molar-refractivity contribution in [1.82, 2.24) is 15.2 Å². The number of hydrogen-bond donors (Lipinski definition) is 1.